The summed E-state index contributed by atoms with van der Waals surface area (Å²) in [6.07, 6.45) is 6.00. The molecule has 1 aliphatic heterocycles. The molecule has 1 aliphatic rings. The Morgan fingerprint density at radius 1 is 1.15 bits per heavy atom. The number of hydrogen-bond donors (Lipinski definition) is 2. The Morgan fingerprint density at radius 3 is 2.56 bits per heavy atom. The molecule has 0 fully saturated rings. The molecule has 0 saturated carbocycles. The van der Waals surface area contributed by atoms with Crippen molar-refractivity contribution in [1.82, 2.24) is 0 Å². The fourth-order valence-electron chi connectivity index (χ4n) is 3.48. The van der Waals surface area contributed by atoms with E-state index in [0.717, 1.165) is 0 Å². The number of aromatic nitrogens is 1. The van der Waals surface area contributed by atoms with E-state index in [1.54, 1.807) is 30.3 Å². The molecule has 0 aromatic carbocycles. The van der Waals surface area contributed by atoms with E-state index in [4.69, 9.17) is 8.83 Å². The van der Waals surface area contributed by atoms with Gasteiger partial charge in [0.25, 0.3) is 11.5 Å². The average Bonchev–Trinajstić information content (AvgIpc) is 3.40. The predicted molar refractivity (Wildman–Crippen MR) is 90.7 cm³/mol. The van der Waals surface area contributed by atoms with Gasteiger partial charge in [0, 0.05) is 6.42 Å². The number of furan rings is 2. The van der Waals surface area contributed by atoms with E-state index in [9.17, 15) is 20.1 Å². The van der Waals surface area contributed by atoms with Crippen molar-refractivity contribution in [2.45, 2.75) is 19.1 Å². The van der Waals surface area contributed by atoms with Gasteiger partial charge in [-0.1, -0.05) is 0 Å². The van der Waals surface area contributed by atoms with Crippen LogP contribution in [0.1, 0.15) is 39.2 Å². The molecule has 7 heteroatoms. The lowest BCUT2D eigenvalue weighted by Crippen LogP contribution is -2.42. The molecule has 0 bridgehead atoms. The molecule has 7 nitrogen and oxygen atoms in total. The molecule has 3 aromatic heterocycles. The number of pyridine rings is 1. The average molecular weight is 367 g/mol. The zero-order chi connectivity index (χ0) is 19.0. The second kappa shape index (κ2) is 6.86. The summed E-state index contributed by atoms with van der Waals surface area (Å²) in [5, 5.41) is 32.4. The highest BCUT2D eigenvalue weighted by Gasteiger charge is 2.45. The van der Waals surface area contributed by atoms with Crippen LogP contribution >= 0.6 is 0 Å². The first-order chi connectivity index (χ1) is 13.1. The molecule has 0 radical (unpaired) electrons. The summed E-state index contributed by atoms with van der Waals surface area (Å²) in [7, 11) is 0. The molecule has 4 rings (SSSR count). The summed E-state index contributed by atoms with van der Waals surface area (Å²) in [4.78, 5) is 13.1. The van der Waals surface area contributed by atoms with Crippen molar-refractivity contribution in [2.24, 2.45) is 0 Å². The summed E-state index contributed by atoms with van der Waals surface area (Å²) >= 11 is 0. The summed E-state index contributed by atoms with van der Waals surface area (Å²) in [6.45, 7) is -0.836. The number of ketones is 1. The van der Waals surface area contributed by atoms with Gasteiger partial charge in [0.05, 0.1) is 30.3 Å². The van der Waals surface area contributed by atoms with Gasteiger partial charge in [-0.2, -0.15) is 4.57 Å². The Morgan fingerprint density at radius 2 is 1.93 bits per heavy atom. The molecule has 2 N–H and O–H groups in total. The van der Waals surface area contributed by atoms with Gasteiger partial charge in [0.1, 0.15) is 18.1 Å². The minimum Gasteiger partial charge on any atom is -0.868 e. The lowest BCUT2D eigenvalue weighted by Gasteiger charge is -2.16. The number of Topliss-reactive ketones (excluding diaryl/α,β-unsaturated/α-hetero) is 1. The number of carbonyl (C=O) groups is 1. The Balaban J connectivity index is 1.86. The second-order valence-electron chi connectivity index (χ2n) is 6.26. The van der Waals surface area contributed by atoms with E-state index < -0.39 is 12.6 Å². The molecule has 0 spiro atoms. The third-order valence-electron chi connectivity index (χ3n) is 4.74. The van der Waals surface area contributed by atoms with Crippen LogP contribution in [0.5, 0.6) is 5.75 Å². The maximum absolute atomic E-state index is 13.1. The Bertz CT molecular complexity index is 1000. The van der Waals surface area contributed by atoms with E-state index in [1.165, 1.54) is 23.3 Å². The number of aliphatic hydroxyl groups excluding tert-OH is 2. The molecular formula is C20H17NO6. The molecule has 0 saturated heterocycles. The molecule has 27 heavy (non-hydrogen) atoms. The van der Waals surface area contributed by atoms with Crippen LogP contribution in [0.25, 0.3) is 6.08 Å². The normalized spacial score (nSPS) is 17.6. The maximum Gasteiger partial charge on any atom is 0.260 e. The van der Waals surface area contributed by atoms with Crippen molar-refractivity contribution in [3.8, 4) is 5.75 Å². The van der Waals surface area contributed by atoms with Crippen LogP contribution < -0.4 is 9.67 Å². The maximum atomic E-state index is 13.1. The quantitative estimate of drug-likeness (QED) is 0.517. The summed E-state index contributed by atoms with van der Waals surface area (Å²) in [5.41, 5.74) is 1.07. The Hall–Kier alpha value is -3.16. The number of rotatable bonds is 5. The van der Waals surface area contributed by atoms with Crippen LogP contribution in [0.3, 0.4) is 0 Å². The highest BCUT2D eigenvalue weighted by atomic mass is 16.3. The largest absolute Gasteiger partial charge is 0.868 e. The first-order valence-corrected chi connectivity index (χ1v) is 8.44. The lowest BCUT2D eigenvalue weighted by atomic mass is 9.98. The number of aliphatic hydroxyl groups is 2. The Kier molecular flexibility index (Phi) is 4.39. The molecule has 1 unspecified atom stereocenters. The number of hydrogen-bond acceptors (Lipinski definition) is 6. The van der Waals surface area contributed by atoms with Gasteiger partial charge in [0.2, 0.25) is 6.04 Å². The third kappa shape index (κ3) is 2.87. The van der Waals surface area contributed by atoms with Gasteiger partial charge in [-0.25, -0.2) is 0 Å². The topological polar surface area (TPSA) is 111 Å². The van der Waals surface area contributed by atoms with Crippen LogP contribution in [0.4, 0.5) is 0 Å². The monoisotopic (exact) mass is 367 g/mol. The molecule has 4 heterocycles. The number of carbonyl (C=O) groups excluding carboxylic acids is 1. The minimum atomic E-state index is -0.715. The van der Waals surface area contributed by atoms with E-state index in [0.29, 0.717) is 22.7 Å². The summed E-state index contributed by atoms with van der Waals surface area (Å²) in [5.74, 6) is 0.344. The Labute approximate surface area is 154 Å². The smallest absolute Gasteiger partial charge is 0.260 e. The van der Waals surface area contributed by atoms with Crippen molar-refractivity contribution in [3.05, 3.63) is 76.9 Å². The highest BCUT2D eigenvalue weighted by Crippen LogP contribution is 2.33. The molecule has 1 atom stereocenters. The van der Waals surface area contributed by atoms with E-state index in [1.807, 2.05) is 0 Å². The van der Waals surface area contributed by atoms with Crippen molar-refractivity contribution in [2.75, 3.05) is 6.61 Å². The van der Waals surface area contributed by atoms with Crippen molar-refractivity contribution in [1.29, 1.82) is 0 Å². The first kappa shape index (κ1) is 17.3. The SMILES string of the molecule is O=C1/C(=C\c2ccco2)C(CO)[n+]2cc([O-])c(Cc3ccco3)c(CO)c21. The van der Waals surface area contributed by atoms with Crippen LogP contribution in [0.2, 0.25) is 0 Å². The van der Waals surface area contributed by atoms with E-state index in [-0.39, 0.29) is 35.8 Å². The highest BCUT2D eigenvalue weighted by molar-refractivity contribution is 6.12. The van der Waals surface area contributed by atoms with Crippen LogP contribution in [0, 0.1) is 0 Å². The lowest BCUT2D eigenvalue weighted by molar-refractivity contribution is -0.713. The standard InChI is InChI=1S/C20H17NO6/c22-10-16-14(7-12-3-1-5-26-12)18(24)9-21-17(11-23)15(20(25)19(16)21)8-13-4-2-6-27-13/h1-6,8-9,17,22-23H,7,10-11H2/b15-8-. The molecule has 0 amide bonds. The second-order valence-corrected chi connectivity index (χ2v) is 6.26. The van der Waals surface area contributed by atoms with Crippen molar-refractivity contribution >= 4 is 11.9 Å². The predicted octanol–water partition coefficient (Wildman–Crippen LogP) is 1.13. The van der Waals surface area contributed by atoms with Gasteiger partial charge in [-0.15, -0.1) is 0 Å². The van der Waals surface area contributed by atoms with Crippen molar-refractivity contribution < 1.29 is 33.5 Å². The summed E-state index contributed by atoms with van der Waals surface area (Å²) < 4.78 is 12.0. The van der Waals surface area contributed by atoms with Crippen LogP contribution in [-0.2, 0) is 13.0 Å². The zero-order valence-electron chi connectivity index (χ0n) is 14.3. The minimum absolute atomic E-state index is 0.171. The molecular weight excluding hydrogens is 350 g/mol. The van der Waals surface area contributed by atoms with Gasteiger partial charge in [-0.05, 0) is 41.7 Å². The van der Waals surface area contributed by atoms with E-state index >= 15 is 0 Å². The van der Waals surface area contributed by atoms with Crippen molar-refractivity contribution in [3.63, 3.8) is 0 Å². The van der Waals surface area contributed by atoms with Crippen LogP contribution in [0.15, 0.2) is 57.4 Å². The van der Waals surface area contributed by atoms with E-state index in [2.05, 4.69) is 0 Å². The zero-order valence-corrected chi connectivity index (χ0v) is 14.3. The number of nitrogens with zero attached hydrogens (tertiary/aromatic N) is 1. The molecule has 3 aromatic rings. The summed E-state index contributed by atoms with van der Waals surface area (Å²) in [6, 6.07) is 6.10. The van der Waals surface area contributed by atoms with Gasteiger partial charge < -0.3 is 24.2 Å². The van der Waals surface area contributed by atoms with Gasteiger partial charge >= 0.3 is 0 Å². The molecule has 0 aliphatic carbocycles. The third-order valence-corrected chi connectivity index (χ3v) is 4.74. The van der Waals surface area contributed by atoms with Gasteiger partial charge in [0.15, 0.2) is 6.20 Å². The van der Waals surface area contributed by atoms with Crippen LogP contribution in [-0.4, -0.2) is 22.6 Å². The van der Waals surface area contributed by atoms with Gasteiger partial charge in [-0.3, -0.25) is 4.79 Å². The fourth-order valence-corrected chi connectivity index (χ4v) is 3.48. The number of fused-ring (bicyclic) bond motifs is 1. The first-order valence-electron chi connectivity index (χ1n) is 8.44. The fraction of sp³-hybridized carbons (Fsp3) is 0.200. The molecule has 138 valence electrons.